The highest BCUT2D eigenvalue weighted by Gasteiger charge is 2.21. The van der Waals surface area contributed by atoms with E-state index in [4.69, 9.17) is 9.15 Å². The summed E-state index contributed by atoms with van der Waals surface area (Å²) in [5.41, 5.74) is 1.32. The van der Waals surface area contributed by atoms with E-state index in [1.807, 2.05) is 19.1 Å². The lowest BCUT2D eigenvalue weighted by atomic mass is 10.1. The molecule has 0 fully saturated rings. The molecule has 0 aliphatic heterocycles. The van der Waals surface area contributed by atoms with Crippen molar-refractivity contribution >= 4 is 5.91 Å². The van der Waals surface area contributed by atoms with Crippen LogP contribution in [-0.4, -0.2) is 17.4 Å². The Bertz CT molecular complexity index is 844. The van der Waals surface area contributed by atoms with Gasteiger partial charge in [-0.25, -0.2) is 4.39 Å². The summed E-state index contributed by atoms with van der Waals surface area (Å²) >= 11 is 0. The highest BCUT2D eigenvalue weighted by molar-refractivity contribution is 5.96. The molecule has 3 rings (SSSR count). The van der Waals surface area contributed by atoms with Crippen LogP contribution < -0.4 is 4.74 Å². The maximum absolute atomic E-state index is 13.2. The monoisotopic (exact) mass is 353 g/mol. The van der Waals surface area contributed by atoms with E-state index in [9.17, 15) is 9.18 Å². The predicted octanol–water partition coefficient (Wildman–Crippen LogP) is 4.66. The van der Waals surface area contributed by atoms with Crippen LogP contribution in [0.5, 0.6) is 5.75 Å². The standard InChI is InChI=1S/C21H20FNO3/c1-2-25-20-8-4-3-7-19(20)21(24)23(15-18-6-5-13-26-18)14-16-9-11-17(22)12-10-16/h3-13H,2,14-15H2,1H3. The summed E-state index contributed by atoms with van der Waals surface area (Å²) in [4.78, 5) is 14.8. The lowest BCUT2D eigenvalue weighted by molar-refractivity contribution is 0.0713. The smallest absolute Gasteiger partial charge is 0.258 e. The summed E-state index contributed by atoms with van der Waals surface area (Å²) in [5, 5.41) is 0. The van der Waals surface area contributed by atoms with Crippen LogP contribution in [0.1, 0.15) is 28.6 Å². The van der Waals surface area contributed by atoms with Crippen molar-refractivity contribution < 1.29 is 18.3 Å². The lowest BCUT2D eigenvalue weighted by Crippen LogP contribution is -2.30. The first-order valence-corrected chi connectivity index (χ1v) is 8.45. The van der Waals surface area contributed by atoms with Gasteiger partial charge >= 0.3 is 0 Å². The van der Waals surface area contributed by atoms with E-state index in [1.165, 1.54) is 12.1 Å². The van der Waals surface area contributed by atoms with Gasteiger partial charge in [-0.15, -0.1) is 0 Å². The molecule has 4 nitrogen and oxygen atoms in total. The maximum Gasteiger partial charge on any atom is 0.258 e. The largest absolute Gasteiger partial charge is 0.493 e. The topological polar surface area (TPSA) is 42.7 Å². The summed E-state index contributed by atoms with van der Waals surface area (Å²) in [7, 11) is 0. The fraction of sp³-hybridized carbons (Fsp3) is 0.190. The lowest BCUT2D eigenvalue weighted by Gasteiger charge is -2.23. The minimum atomic E-state index is -0.306. The third-order valence-corrected chi connectivity index (χ3v) is 3.92. The first kappa shape index (κ1) is 17.7. The van der Waals surface area contributed by atoms with E-state index >= 15 is 0 Å². The molecule has 1 aromatic heterocycles. The van der Waals surface area contributed by atoms with Gasteiger partial charge in [0.25, 0.3) is 5.91 Å². The quantitative estimate of drug-likeness (QED) is 0.620. The van der Waals surface area contributed by atoms with Crippen LogP contribution in [-0.2, 0) is 13.1 Å². The zero-order valence-corrected chi connectivity index (χ0v) is 14.5. The fourth-order valence-electron chi connectivity index (χ4n) is 2.70. The molecule has 1 amide bonds. The summed E-state index contributed by atoms with van der Waals surface area (Å²) in [6, 6.07) is 16.9. The molecule has 0 aliphatic rings. The van der Waals surface area contributed by atoms with Gasteiger partial charge in [-0.05, 0) is 48.9 Å². The molecule has 134 valence electrons. The van der Waals surface area contributed by atoms with Crippen molar-refractivity contribution in [2.45, 2.75) is 20.0 Å². The third-order valence-electron chi connectivity index (χ3n) is 3.92. The van der Waals surface area contributed by atoms with Crippen molar-refractivity contribution in [2.75, 3.05) is 6.61 Å². The zero-order chi connectivity index (χ0) is 18.4. The second kappa shape index (κ2) is 8.34. The Morgan fingerprint density at radius 1 is 1.04 bits per heavy atom. The van der Waals surface area contributed by atoms with Gasteiger partial charge in [0.05, 0.1) is 25.0 Å². The van der Waals surface area contributed by atoms with Crippen LogP contribution in [0.4, 0.5) is 4.39 Å². The number of halogens is 1. The molecular formula is C21H20FNO3. The summed E-state index contributed by atoms with van der Waals surface area (Å²) in [5.74, 6) is 0.743. The zero-order valence-electron chi connectivity index (χ0n) is 14.5. The molecule has 0 spiro atoms. The van der Waals surface area contributed by atoms with Gasteiger partial charge < -0.3 is 14.1 Å². The van der Waals surface area contributed by atoms with Crippen LogP contribution in [0.15, 0.2) is 71.3 Å². The molecule has 0 radical (unpaired) electrons. The van der Waals surface area contributed by atoms with E-state index in [0.717, 1.165) is 5.56 Å². The van der Waals surface area contributed by atoms with E-state index in [-0.39, 0.29) is 11.7 Å². The van der Waals surface area contributed by atoms with Gasteiger partial charge in [0.1, 0.15) is 17.3 Å². The molecule has 0 N–H and O–H groups in total. The Kier molecular flexibility index (Phi) is 5.69. The van der Waals surface area contributed by atoms with E-state index in [2.05, 4.69) is 0 Å². The van der Waals surface area contributed by atoms with Crippen molar-refractivity contribution in [1.82, 2.24) is 4.90 Å². The minimum Gasteiger partial charge on any atom is -0.493 e. The Labute approximate surface area is 151 Å². The third kappa shape index (κ3) is 4.30. The summed E-state index contributed by atoms with van der Waals surface area (Å²) in [6.45, 7) is 2.99. The second-order valence-electron chi connectivity index (χ2n) is 5.80. The SMILES string of the molecule is CCOc1ccccc1C(=O)N(Cc1ccc(F)cc1)Cc1ccco1. The van der Waals surface area contributed by atoms with Gasteiger partial charge in [0.15, 0.2) is 0 Å². The molecular weight excluding hydrogens is 333 g/mol. The number of para-hydroxylation sites is 1. The van der Waals surface area contributed by atoms with Gasteiger partial charge in [-0.2, -0.15) is 0 Å². The second-order valence-corrected chi connectivity index (χ2v) is 5.80. The number of benzene rings is 2. The Hall–Kier alpha value is -3.08. The van der Waals surface area contributed by atoms with Gasteiger partial charge in [-0.3, -0.25) is 4.79 Å². The number of furan rings is 1. The number of amides is 1. The molecule has 0 saturated heterocycles. The molecule has 3 aromatic rings. The fourth-order valence-corrected chi connectivity index (χ4v) is 2.70. The molecule has 2 aromatic carbocycles. The average Bonchev–Trinajstić information content (AvgIpc) is 3.16. The van der Waals surface area contributed by atoms with Crippen LogP contribution >= 0.6 is 0 Å². The molecule has 26 heavy (non-hydrogen) atoms. The van der Waals surface area contributed by atoms with Crippen LogP contribution in [0.2, 0.25) is 0 Å². The van der Waals surface area contributed by atoms with Crippen LogP contribution in [0.3, 0.4) is 0 Å². The first-order chi connectivity index (χ1) is 12.7. The van der Waals surface area contributed by atoms with Crippen molar-refractivity contribution in [1.29, 1.82) is 0 Å². The molecule has 0 saturated carbocycles. The first-order valence-electron chi connectivity index (χ1n) is 8.45. The molecule has 0 atom stereocenters. The molecule has 5 heteroatoms. The number of ether oxygens (including phenoxy) is 1. The summed E-state index contributed by atoms with van der Waals surface area (Å²) in [6.07, 6.45) is 1.57. The molecule has 1 heterocycles. The van der Waals surface area contributed by atoms with Crippen molar-refractivity contribution in [3.05, 3.63) is 89.6 Å². The highest BCUT2D eigenvalue weighted by Crippen LogP contribution is 2.22. The van der Waals surface area contributed by atoms with Crippen molar-refractivity contribution in [3.63, 3.8) is 0 Å². The molecule has 0 bridgehead atoms. The average molecular weight is 353 g/mol. The van der Waals surface area contributed by atoms with Gasteiger partial charge in [0.2, 0.25) is 0 Å². The minimum absolute atomic E-state index is 0.172. The molecule has 0 aliphatic carbocycles. The van der Waals surface area contributed by atoms with E-state index in [1.54, 1.807) is 47.6 Å². The maximum atomic E-state index is 13.2. The number of hydrogen-bond acceptors (Lipinski definition) is 3. The Balaban J connectivity index is 1.89. The van der Waals surface area contributed by atoms with E-state index < -0.39 is 0 Å². The van der Waals surface area contributed by atoms with Gasteiger partial charge in [-0.1, -0.05) is 24.3 Å². The van der Waals surface area contributed by atoms with Crippen LogP contribution in [0, 0.1) is 5.82 Å². The number of nitrogens with zero attached hydrogens (tertiary/aromatic N) is 1. The van der Waals surface area contributed by atoms with Crippen LogP contribution in [0.25, 0.3) is 0 Å². The predicted molar refractivity (Wildman–Crippen MR) is 96.3 cm³/mol. The summed E-state index contributed by atoms with van der Waals surface area (Å²) < 4.78 is 24.2. The molecule has 0 unspecified atom stereocenters. The Morgan fingerprint density at radius 2 is 1.81 bits per heavy atom. The number of rotatable bonds is 7. The van der Waals surface area contributed by atoms with Crippen molar-refractivity contribution in [2.24, 2.45) is 0 Å². The van der Waals surface area contributed by atoms with Gasteiger partial charge in [0, 0.05) is 6.54 Å². The number of carbonyl (C=O) groups is 1. The normalized spacial score (nSPS) is 10.5. The highest BCUT2D eigenvalue weighted by atomic mass is 19.1. The number of carbonyl (C=O) groups excluding carboxylic acids is 1. The Morgan fingerprint density at radius 3 is 2.50 bits per heavy atom. The van der Waals surface area contributed by atoms with E-state index in [0.29, 0.717) is 36.8 Å². The van der Waals surface area contributed by atoms with Crippen molar-refractivity contribution in [3.8, 4) is 5.75 Å². The number of hydrogen-bond donors (Lipinski definition) is 0.